The fourth-order valence-corrected chi connectivity index (χ4v) is 5.42. The monoisotopic (exact) mass is 434 g/mol. The van der Waals surface area contributed by atoms with E-state index in [0.29, 0.717) is 11.5 Å². The lowest BCUT2D eigenvalue weighted by Gasteiger charge is -2.39. The summed E-state index contributed by atoms with van der Waals surface area (Å²) in [5.41, 5.74) is 0.409. The van der Waals surface area contributed by atoms with Crippen LogP contribution in [0.25, 0.3) is 0 Å². The summed E-state index contributed by atoms with van der Waals surface area (Å²) in [6.45, 7) is 11.1. The average Bonchev–Trinajstić information content (AvgIpc) is 2.79. The van der Waals surface area contributed by atoms with Crippen LogP contribution in [0.15, 0.2) is 24.3 Å². The molecule has 0 aromatic heterocycles. The molecule has 0 spiro atoms. The van der Waals surface area contributed by atoms with Crippen LogP contribution in [0, 0.1) is 29.6 Å². The van der Waals surface area contributed by atoms with Crippen molar-refractivity contribution in [2.45, 2.75) is 78.1 Å². The Morgan fingerprint density at radius 1 is 0.903 bits per heavy atom. The lowest BCUT2D eigenvalue weighted by molar-refractivity contribution is -0.146. The number of esters is 2. The van der Waals surface area contributed by atoms with Crippen molar-refractivity contribution in [1.29, 1.82) is 0 Å². The fourth-order valence-electron chi connectivity index (χ4n) is 5.42. The Morgan fingerprint density at radius 3 is 1.90 bits per heavy atom. The van der Waals surface area contributed by atoms with Gasteiger partial charge in [-0.15, -0.1) is 0 Å². The number of rotatable bonds is 11. The second-order valence-electron chi connectivity index (χ2n) is 9.74. The quantitative estimate of drug-likeness (QED) is 0.356. The van der Waals surface area contributed by atoms with Gasteiger partial charge in [0.2, 0.25) is 0 Å². The third-order valence-corrected chi connectivity index (χ3v) is 7.42. The largest absolute Gasteiger partial charge is 0.462 e. The van der Waals surface area contributed by atoms with Gasteiger partial charge >= 0.3 is 11.9 Å². The number of hydrogen-bond donors (Lipinski definition) is 1. The number of hydrogen-bond acceptors (Lipinski definition) is 5. The first kappa shape index (κ1) is 25.6. The Labute approximate surface area is 188 Å². The summed E-state index contributed by atoms with van der Waals surface area (Å²) in [4.78, 5) is 23.8. The SMILES string of the molecule is C=C(C)C(=O)OCC(COC(=O)C(=C)CO)C1CCC(C2CCC(CCC)CC2)CC1. The minimum absolute atomic E-state index is 0.0417. The molecule has 1 N–H and O–H groups in total. The van der Waals surface area contributed by atoms with Crippen molar-refractivity contribution >= 4 is 11.9 Å². The van der Waals surface area contributed by atoms with Gasteiger partial charge < -0.3 is 14.6 Å². The molecule has 0 aromatic carbocycles. The van der Waals surface area contributed by atoms with Gasteiger partial charge in [0.15, 0.2) is 0 Å². The summed E-state index contributed by atoms with van der Waals surface area (Å²) in [6, 6.07) is 0. The van der Waals surface area contributed by atoms with E-state index < -0.39 is 18.5 Å². The van der Waals surface area contributed by atoms with Gasteiger partial charge in [0.25, 0.3) is 0 Å². The first-order valence-electron chi connectivity index (χ1n) is 12.1. The zero-order valence-electron chi connectivity index (χ0n) is 19.6. The highest BCUT2D eigenvalue weighted by Gasteiger charge is 2.34. The smallest absolute Gasteiger partial charge is 0.335 e. The van der Waals surface area contributed by atoms with Crippen LogP contribution in [0.1, 0.15) is 78.1 Å². The standard InChI is InChI=1S/C26H42O5/c1-5-6-20-7-9-21(10-8-20)22-11-13-23(14-12-22)24(16-30-25(28)18(2)3)17-31-26(29)19(4)15-27/h20-24,27H,2,4-17H2,1,3H3. The maximum Gasteiger partial charge on any atom is 0.335 e. The molecule has 5 nitrogen and oxygen atoms in total. The summed E-state index contributed by atoms with van der Waals surface area (Å²) in [6.07, 6.45) is 12.8. The number of aliphatic hydroxyl groups excluding tert-OH is 1. The molecule has 2 fully saturated rings. The van der Waals surface area contributed by atoms with Gasteiger partial charge in [0, 0.05) is 11.5 Å². The van der Waals surface area contributed by atoms with E-state index in [9.17, 15) is 9.59 Å². The van der Waals surface area contributed by atoms with Crippen LogP contribution in [0.3, 0.4) is 0 Å². The molecule has 1 atom stereocenters. The van der Waals surface area contributed by atoms with Gasteiger partial charge in [-0.05, 0) is 69.1 Å². The molecule has 2 aliphatic rings. The number of carbonyl (C=O) groups excluding carboxylic acids is 2. The summed E-state index contributed by atoms with van der Waals surface area (Å²) < 4.78 is 10.8. The van der Waals surface area contributed by atoms with Crippen molar-refractivity contribution in [1.82, 2.24) is 0 Å². The maximum atomic E-state index is 11.9. The van der Waals surface area contributed by atoms with Crippen molar-refractivity contribution in [2.24, 2.45) is 29.6 Å². The Kier molecular flexibility index (Phi) is 10.8. The second kappa shape index (κ2) is 13.0. The van der Waals surface area contributed by atoms with E-state index in [1.807, 2.05) is 0 Å². The fraction of sp³-hybridized carbons (Fsp3) is 0.769. The highest BCUT2D eigenvalue weighted by atomic mass is 16.5. The zero-order valence-corrected chi connectivity index (χ0v) is 19.6. The molecule has 0 radical (unpaired) electrons. The molecule has 0 amide bonds. The molecule has 0 saturated heterocycles. The van der Waals surface area contributed by atoms with Crippen LogP contribution in [-0.2, 0) is 19.1 Å². The maximum absolute atomic E-state index is 11.9. The first-order chi connectivity index (χ1) is 14.8. The van der Waals surface area contributed by atoms with Crippen LogP contribution in [0.5, 0.6) is 0 Å². The van der Waals surface area contributed by atoms with E-state index in [-0.39, 0.29) is 24.7 Å². The van der Waals surface area contributed by atoms with E-state index in [2.05, 4.69) is 20.1 Å². The third-order valence-electron chi connectivity index (χ3n) is 7.42. The molecule has 0 aromatic rings. The van der Waals surface area contributed by atoms with E-state index in [4.69, 9.17) is 14.6 Å². The first-order valence-corrected chi connectivity index (χ1v) is 12.1. The van der Waals surface area contributed by atoms with E-state index in [1.165, 1.54) is 51.4 Å². The lowest BCUT2D eigenvalue weighted by Crippen LogP contribution is -2.33. The zero-order chi connectivity index (χ0) is 22.8. The Morgan fingerprint density at radius 2 is 1.42 bits per heavy atom. The van der Waals surface area contributed by atoms with Gasteiger partial charge in [-0.1, -0.05) is 45.8 Å². The van der Waals surface area contributed by atoms with Gasteiger partial charge in [0.1, 0.15) is 0 Å². The topological polar surface area (TPSA) is 72.8 Å². The summed E-state index contributed by atoms with van der Waals surface area (Å²) in [5.74, 6) is 1.92. The second-order valence-corrected chi connectivity index (χ2v) is 9.74. The number of ether oxygens (including phenoxy) is 2. The lowest BCUT2D eigenvalue weighted by atomic mass is 9.67. The summed E-state index contributed by atoms with van der Waals surface area (Å²) in [7, 11) is 0. The van der Waals surface area contributed by atoms with E-state index in [1.54, 1.807) is 6.92 Å². The van der Waals surface area contributed by atoms with Crippen LogP contribution >= 0.6 is 0 Å². The molecule has 2 saturated carbocycles. The molecular weight excluding hydrogens is 392 g/mol. The van der Waals surface area contributed by atoms with Crippen molar-refractivity contribution in [3.05, 3.63) is 24.3 Å². The Balaban J connectivity index is 1.87. The van der Waals surface area contributed by atoms with Gasteiger partial charge in [-0.3, -0.25) is 0 Å². The molecule has 176 valence electrons. The molecule has 0 aliphatic heterocycles. The minimum Gasteiger partial charge on any atom is -0.462 e. The molecule has 5 heteroatoms. The van der Waals surface area contributed by atoms with Gasteiger partial charge in [-0.2, -0.15) is 0 Å². The summed E-state index contributed by atoms with van der Waals surface area (Å²) in [5, 5.41) is 9.08. The summed E-state index contributed by atoms with van der Waals surface area (Å²) >= 11 is 0. The molecule has 0 bridgehead atoms. The molecule has 2 aliphatic carbocycles. The van der Waals surface area contributed by atoms with Crippen LogP contribution in [-0.4, -0.2) is 36.9 Å². The highest BCUT2D eigenvalue weighted by molar-refractivity contribution is 5.88. The normalized spacial score (nSPS) is 27.2. The highest BCUT2D eigenvalue weighted by Crippen LogP contribution is 2.43. The molecule has 31 heavy (non-hydrogen) atoms. The Bertz CT molecular complexity index is 609. The molecular formula is C26H42O5. The third kappa shape index (κ3) is 8.10. The Hall–Kier alpha value is -1.62. The van der Waals surface area contributed by atoms with Crippen molar-refractivity contribution < 1.29 is 24.2 Å². The van der Waals surface area contributed by atoms with Crippen molar-refractivity contribution in [3.8, 4) is 0 Å². The predicted octanol–water partition coefficient (Wildman–Crippen LogP) is 5.23. The van der Waals surface area contributed by atoms with Gasteiger partial charge in [-0.25, -0.2) is 9.59 Å². The average molecular weight is 435 g/mol. The van der Waals surface area contributed by atoms with Crippen molar-refractivity contribution in [2.75, 3.05) is 19.8 Å². The van der Waals surface area contributed by atoms with Crippen LogP contribution < -0.4 is 0 Å². The van der Waals surface area contributed by atoms with E-state index >= 15 is 0 Å². The van der Waals surface area contributed by atoms with Crippen molar-refractivity contribution in [3.63, 3.8) is 0 Å². The number of carbonyl (C=O) groups is 2. The van der Waals surface area contributed by atoms with E-state index in [0.717, 1.165) is 30.6 Å². The molecule has 0 heterocycles. The van der Waals surface area contributed by atoms with Crippen LogP contribution in [0.2, 0.25) is 0 Å². The predicted molar refractivity (Wildman–Crippen MR) is 122 cm³/mol. The molecule has 2 rings (SSSR count). The minimum atomic E-state index is -0.587. The molecule has 1 unspecified atom stereocenters. The van der Waals surface area contributed by atoms with Gasteiger partial charge in [0.05, 0.1) is 25.4 Å². The van der Waals surface area contributed by atoms with Crippen LogP contribution in [0.4, 0.5) is 0 Å². The number of aliphatic hydroxyl groups is 1.